The van der Waals surface area contributed by atoms with E-state index in [2.05, 4.69) is 24.5 Å². The molecule has 0 unspecified atom stereocenters. The first-order valence-corrected chi connectivity index (χ1v) is 10.1. The van der Waals surface area contributed by atoms with Crippen LogP contribution in [0, 0.1) is 0 Å². The lowest BCUT2D eigenvalue weighted by atomic mass is 10.1. The Morgan fingerprint density at radius 2 is 1.19 bits per heavy atom. The van der Waals surface area contributed by atoms with Crippen molar-refractivity contribution in [3.8, 4) is 0 Å². The first-order valence-electron chi connectivity index (χ1n) is 5.11. The van der Waals surface area contributed by atoms with Gasteiger partial charge in [-0.15, -0.1) is 0 Å². The molecule has 0 aliphatic carbocycles. The van der Waals surface area contributed by atoms with Gasteiger partial charge >= 0.3 is 6.03 Å². The Morgan fingerprint density at radius 3 is 1.50 bits per heavy atom. The number of nitrogens with one attached hydrogen (secondary N) is 2. The zero-order valence-corrected chi connectivity index (χ0v) is 12.6. The van der Waals surface area contributed by atoms with Crippen molar-refractivity contribution < 1.29 is 4.79 Å². The van der Waals surface area contributed by atoms with E-state index in [1.807, 2.05) is 43.2 Å². The van der Waals surface area contributed by atoms with Gasteiger partial charge in [-0.2, -0.15) is 0 Å². The lowest BCUT2D eigenvalue weighted by molar-refractivity contribution is 0.225. The summed E-state index contributed by atoms with van der Waals surface area (Å²) in [6, 6.07) is -0.0174. The fourth-order valence-electron chi connectivity index (χ4n) is 1.49. The number of carbonyl (C=O) groups excluding carboxylic acids is 1. The van der Waals surface area contributed by atoms with Gasteiger partial charge in [0.25, 0.3) is 0 Å². The highest BCUT2D eigenvalue weighted by Gasteiger charge is 2.35. The first-order chi connectivity index (χ1) is 7.52. The highest BCUT2D eigenvalue weighted by molar-refractivity contribution is 8.77. The number of carbonyl (C=O) groups is 1. The number of urea groups is 1. The van der Waals surface area contributed by atoms with E-state index >= 15 is 0 Å². The van der Waals surface area contributed by atoms with Crippen molar-refractivity contribution >= 4 is 49.2 Å². The van der Waals surface area contributed by atoms with Gasteiger partial charge in [0.1, 0.15) is 0 Å². The third-order valence-electron chi connectivity index (χ3n) is 2.51. The van der Waals surface area contributed by atoms with Crippen LogP contribution in [0.5, 0.6) is 0 Å². The molecule has 2 saturated heterocycles. The third-order valence-corrected chi connectivity index (χ3v) is 8.27. The minimum Gasteiger partial charge on any atom is -0.331 e. The maximum atomic E-state index is 11.9. The summed E-state index contributed by atoms with van der Waals surface area (Å²) in [5.41, 5.74) is -0.0939. The molecule has 2 amide bonds. The van der Waals surface area contributed by atoms with Crippen LogP contribution < -0.4 is 10.6 Å². The molecule has 3 nitrogen and oxygen atoms in total. The summed E-state index contributed by atoms with van der Waals surface area (Å²) >= 11 is 0. The normalized spacial score (nSPS) is 26.6. The van der Waals surface area contributed by atoms with E-state index in [1.165, 1.54) is 0 Å². The number of amides is 2. The Hall–Kier alpha value is 0.670. The maximum Gasteiger partial charge on any atom is 0.315 e. The van der Waals surface area contributed by atoms with E-state index in [9.17, 15) is 4.79 Å². The molecule has 0 bridgehead atoms. The molecule has 0 atom stereocenters. The molecular formula is C9H16N2OS4. The van der Waals surface area contributed by atoms with E-state index in [4.69, 9.17) is 0 Å². The van der Waals surface area contributed by atoms with Gasteiger partial charge in [-0.05, 0) is 13.8 Å². The second-order valence-electron chi connectivity index (χ2n) is 4.75. The summed E-state index contributed by atoms with van der Waals surface area (Å²) in [6.07, 6.45) is 0. The predicted octanol–water partition coefficient (Wildman–Crippen LogP) is 2.59. The molecule has 0 saturated carbocycles. The van der Waals surface area contributed by atoms with Crippen molar-refractivity contribution in [2.75, 3.05) is 23.0 Å². The summed E-state index contributed by atoms with van der Waals surface area (Å²) in [5, 5.41) is 6.19. The summed E-state index contributed by atoms with van der Waals surface area (Å²) in [6.45, 7) is 4.22. The average molecular weight is 297 g/mol. The molecule has 2 aliphatic rings. The van der Waals surface area contributed by atoms with E-state index < -0.39 is 0 Å². The molecule has 2 aliphatic heterocycles. The molecule has 2 rings (SSSR count). The van der Waals surface area contributed by atoms with Crippen molar-refractivity contribution in [2.24, 2.45) is 0 Å². The summed E-state index contributed by atoms with van der Waals surface area (Å²) in [5.74, 6) is 3.97. The molecule has 2 fully saturated rings. The summed E-state index contributed by atoms with van der Waals surface area (Å²) in [7, 11) is 7.32. The van der Waals surface area contributed by atoms with Gasteiger partial charge in [-0.25, -0.2) is 4.79 Å². The lowest BCUT2D eigenvalue weighted by Gasteiger charge is -2.29. The summed E-state index contributed by atoms with van der Waals surface area (Å²) < 4.78 is 0. The molecule has 16 heavy (non-hydrogen) atoms. The standard InChI is InChI=1S/C9H16N2OS4/c1-8(3-13-14-4-8)10-7(12)11-9(2)5-15-16-6-9/h3-6H2,1-2H3,(H2,10,11,12). The van der Waals surface area contributed by atoms with Crippen LogP contribution in [-0.4, -0.2) is 40.1 Å². The highest BCUT2D eigenvalue weighted by Crippen LogP contribution is 2.38. The van der Waals surface area contributed by atoms with Crippen molar-refractivity contribution in [1.82, 2.24) is 10.6 Å². The van der Waals surface area contributed by atoms with E-state index in [1.54, 1.807) is 0 Å². The van der Waals surface area contributed by atoms with Gasteiger partial charge in [0.2, 0.25) is 0 Å². The number of hydrogen-bond donors (Lipinski definition) is 2. The fourth-order valence-corrected chi connectivity index (χ4v) is 7.94. The van der Waals surface area contributed by atoms with Crippen LogP contribution >= 0.6 is 43.2 Å². The van der Waals surface area contributed by atoms with Crippen molar-refractivity contribution in [3.63, 3.8) is 0 Å². The Morgan fingerprint density at radius 1 is 0.875 bits per heavy atom. The molecule has 0 aromatic carbocycles. The second-order valence-corrected chi connectivity index (χ2v) is 9.68. The molecular weight excluding hydrogens is 280 g/mol. The van der Waals surface area contributed by atoms with Gasteiger partial charge < -0.3 is 10.6 Å². The zero-order chi connectivity index (χ0) is 11.6. The SMILES string of the molecule is CC1(NC(=O)NC2(C)CSSC2)CSSC1. The van der Waals surface area contributed by atoms with E-state index in [0.29, 0.717) is 0 Å². The Bertz CT molecular complexity index is 249. The number of hydrogen-bond acceptors (Lipinski definition) is 5. The Kier molecular flexibility index (Phi) is 4.19. The lowest BCUT2D eigenvalue weighted by Crippen LogP contribution is -2.58. The fraction of sp³-hybridized carbons (Fsp3) is 0.889. The minimum atomic E-state index is -0.0470. The van der Waals surface area contributed by atoms with Crippen LogP contribution in [0.15, 0.2) is 0 Å². The van der Waals surface area contributed by atoms with E-state index in [-0.39, 0.29) is 17.1 Å². The van der Waals surface area contributed by atoms with Crippen LogP contribution in [0.1, 0.15) is 13.8 Å². The molecule has 0 radical (unpaired) electrons. The predicted molar refractivity (Wildman–Crippen MR) is 78.3 cm³/mol. The van der Waals surface area contributed by atoms with Gasteiger partial charge in [0.05, 0.1) is 11.1 Å². The smallest absolute Gasteiger partial charge is 0.315 e. The first kappa shape index (κ1) is 13.1. The van der Waals surface area contributed by atoms with Crippen LogP contribution in [0.2, 0.25) is 0 Å². The number of rotatable bonds is 2. The maximum absolute atomic E-state index is 11.9. The van der Waals surface area contributed by atoms with E-state index in [0.717, 1.165) is 23.0 Å². The monoisotopic (exact) mass is 296 g/mol. The van der Waals surface area contributed by atoms with Crippen LogP contribution in [0.3, 0.4) is 0 Å². The zero-order valence-electron chi connectivity index (χ0n) is 9.37. The van der Waals surface area contributed by atoms with Gasteiger partial charge in [-0.1, -0.05) is 43.2 Å². The largest absolute Gasteiger partial charge is 0.331 e. The van der Waals surface area contributed by atoms with Crippen LogP contribution in [-0.2, 0) is 0 Å². The molecule has 7 heteroatoms. The van der Waals surface area contributed by atoms with Gasteiger partial charge in [0.15, 0.2) is 0 Å². The van der Waals surface area contributed by atoms with Crippen LogP contribution in [0.4, 0.5) is 4.79 Å². The molecule has 0 aromatic rings. The molecule has 0 spiro atoms. The third kappa shape index (κ3) is 3.34. The average Bonchev–Trinajstić information content (AvgIpc) is 2.75. The molecule has 2 N–H and O–H groups in total. The highest BCUT2D eigenvalue weighted by atomic mass is 33.1. The second kappa shape index (κ2) is 5.12. The molecule has 0 aromatic heterocycles. The van der Waals surface area contributed by atoms with Gasteiger partial charge in [-0.3, -0.25) is 0 Å². The molecule has 92 valence electrons. The molecule has 2 heterocycles. The summed E-state index contributed by atoms with van der Waals surface area (Å²) in [4.78, 5) is 11.9. The minimum absolute atomic E-state index is 0.0174. The van der Waals surface area contributed by atoms with Crippen molar-refractivity contribution in [2.45, 2.75) is 24.9 Å². The van der Waals surface area contributed by atoms with Crippen molar-refractivity contribution in [1.29, 1.82) is 0 Å². The van der Waals surface area contributed by atoms with Crippen LogP contribution in [0.25, 0.3) is 0 Å². The van der Waals surface area contributed by atoms with Gasteiger partial charge in [0, 0.05) is 23.0 Å². The van der Waals surface area contributed by atoms with Crippen molar-refractivity contribution in [3.05, 3.63) is 0 Å². The Balaban J connectivity index is 1.84. The topological polar surface area (TPSA) is 41.1 Å². The Labute approximate surface area is 112 Å². The quantitative estimate of drug-likeness (QED) is 0.767.